The number of aryl methyl sites for hydroxylation is 1. The maximum atomic E-state index is 4.38. The second-order valence-electron chi connectivity index (χ2n) is 6.83. The van der Waals surface area contributed by atoms with Gasteiger partial charge in [-0.1, -0.05) is 36.4 Å². The smallest absolute Gasteiger partial charge is 0.191 e. The Balaban J connectivity index is 1.34. The predicted octanol–water partition coefficient (Wildman–Crippen LogP) is 2.85. The van der Waals surface area contributed by atoms with Gasteiger partial charge in [0.25, 0.3) is 0 Å². The van der Waals surface area contributed by atoms with Crippen LogP contribution in [0.2, 0.25) is 0 Å². The Hall–Kier alpha value is -1.77. The molecule has 1 aromatic carbocycles. The van der Waals surface area contributed by atoms with Crippen molar-refractivity contribution in [1.82, 2.24) is 10.6 Å². The first-order valence-corrected chi connectivity index (χ1v) is 8.57. The molecule has 3 aliphatic rings. The molecule has 116 valence electrons. The summed E-state index contributed by atoms with van der Waals surface area (Å²) in [7, 11) is 1.87. The molecule has 0 heterocycles. The van der Waals surface area contributed by atoms with Crippen molar-refractivity contribution >= 4 is 5.96 Å². The summed E-state index contributed by atoms with van der Waals surface area (Å²) >= 11 is 0. The molecule has 0 radical (unpaired) electrons. The summed E-state index contributed by atoms with van der Waals surface area (Å²) < 4.78 is 0. The Morgan fingerprint density at radius 1 is 1.23 bits per heavy atom. The number of hydrogen-bond acceptors (Lipinski definition) is 1. The monoisotopic (exact) mass is 295 g/mol. The summed E-state index contributed by atoms with van der Waals surface area (Å²) in [5, 5.41) is 7.08. The van der Waals surface area contributed by atoms with Crippen LogP contribution in [0.1, 0.15) is 36.3 Å². The van der Waals surface area contributed by atoms with Crippen LogP contribution in [0, 0.1) is 11.8 Å². The molecule has 3 heteroatoms. The molecular formula is C19H25N3. The Bertz CT molecular complexity index is 596. The van der Waals surface area contributed by atoms with Gasteiger partial charge in [0.1, 0.15) is 0 Å². The molecule has 0 amide bonds. The van der Waals surface area contributed by atoms with Crippen molar-refractivity contribution in [2.75, 3.05) is 13.6 Å². The standard InChI is InChI=1S/C19H25N3/c1-20-19(22-14-7-3-4-8-14)21-12-17-16-11-10-13-6-2-5-9-15(13)18(16)17/h2-6,9,14,16-18H,7-8,10-12H2,1H3,(H2,20,21,22). The van der Waals surface area contributed by atoms with Crippen LogP contribution in [0.4, 0.5) is 0 Å². The third-order valence-electron chi connectivity index (χ3n) is 5.57. The first-order valence-electron chi connectivity index (χ1n) is 8.57. The lowest BCUT2D eigenvalue weighted by Crippen LogP contribution is -2.43. The second kappa shape index (κ2) is 5.79. The number of rotatable bonds is 3. The number of nitrogens with zero attached hydrogens (tertiary/aromatic N) is 1. The van der Waals surface area contributed by atoms with Crippen molar-refractivity contribution in [2.45, 2.75) is 37.6 Å². The van der Waals surface area contributed by atoms with E-state index in [1.807, 2.05) is 7.05 Å². The number of guanidine groups is 1. The highest BCUT2D eigenvalue weighted by Crippen LogP contribution is 2.59. The molecule has 3 aliphatic carbocycles. The Morgan fingerprint density at radius 3 is 2.86 bits per heavy atom. The average molecular weight is 295 g/mol. The van der Waals surface area contributed by atoms with Crippen LogP contribution < -0.4 is 10.6 Å². The average Bonchev–Trinajstić information content (AvgIpc) is 3.03. The molecular weight excluding hydrogens is 270 g/mol. The Morgan fingerprint density at radius 2 is 2.05 bits per heavy atom. The van der Waals surface area contributed by atoms with Crippen LogP contribution in [-0.2, 0) is 6.42 Å². The fourth-order valence-corrected chi connectivity index (χ4v) is 4.33. The van der Waals surface area contributed by atoms with Gasteiger partial charge in [0.05, 0.1) is 0 Å². The maximum absolute atomic E-state index is 4.38. The van der Waals surface area contributed by atoms with Crippen LogP contribution in [0.3, 0.4) is 0 Å². The molecule has 1 saturated carbocycles. The van der Waals surface area contributed by atoms with Crippen LogP contribution in [-0.4, -0.2) is 25.6 Å². The van der Waals surface area contributed by atoms with Crippen LogP contribution in [0.25, 0.3) is 0 Å². The highest BCUT2D eigenvalue weighted by atomic mass is 15.2. The second-order valence-corrected chi connectivity index (χ2v) is 6.83. The van der Waals surface area contributed by atoms with E-state index in [4.69, 9.17) is 0 Å². The first kappa shape index (κ1) is 13.9. The van der Waals surface area contributed by atoms with Crippen LogP contribution in [0.5, 0.6) is 0 Å². The molecule has 1 fully saturated rings. The van der Waals surface area contributed by atoms with Gasteiger partial charge in [-0.05, 0) is 54.6 Å². The summed E-state index contributed by atoms with van der Waals surface area (Å²) in [6.07, 6.45) is 9.33. The minimum atomic E-state index is 0.522. The SMILES string of the molecule is CN=C(NCC1C2CCc3ccccc3C21)NC1CC=CC1. The van der Waals surface area contributed by atoms with E-state index in [1.54, 1.807) is 11.1 Å². The molecule has 3 nitrogen and oxygen atoms in total. The zero-order chi connectivity index (χ0) is 14.9. The molecule has 0 bridgehead atoms. The van der Waals surface area contributed by atoms with E-state index in [0.717, 1.165) is 43.1 Å². The fourth-order valence-electron chi connectivity index (χ4n) is 4.33. The number of fused-ring (bicyclic) bond motifs is 3. The van der Waals surface area contributed by atoms with Crippen molar-refractivity contribution < 1.29 is 0 Å². The molecule has 0 aromatic heterocycles. The topological polar surface area (TPSA) is 36.4 Å². The summed E-state index contributed by atoms with van der Waals surface area (Å²) in [6, 6.07) is 9.53. The van der Waals surface area contributed by atoms with Crippen molar-refractivity contribution in [3.05, 3.63) is 47.5 Å². The van der Waals surface area contributed by atoms with Gasteiger partial charge in [0.2, 0.25) is 0 Å². The van der Waals surface area contributed by atoms with Crippen LogP contribution in [0.15, 0.2) is 41.4 Å². The highest BCUT2D eigenvalue weighted by molar-refractivity contribution is 5.80. The predicted molar refractivity (Wildman–Crippen MR) is 91.1 cm³/mol. The van der Waals surface area contributed by atoms with Crippen molar-refractivity contribution in [3.63, 3.8) is 0 Å². The molecule has 0 spiro atoms. The molecule has 0 aliphatic heterocycles. The van der Waals surface area contributed by atoms with Crippen LogP contribution >= 0.6 is 0 Å². The van der Waals surface area contributed by atoms with Crippen molar-refractivity contribution in [3.8, 4) is 0 Å². The van der Waals surface area contributed by atoms with Gasteiger partial charge in [-0.25, -0.2) is 0 Å². The molecule has 3 unspecified atom stereocenters. The third kappa shape index (κ3) is 2.53. The molecule has 2 N–H and O–H groups in total. The fraction of sp³-hybridized carbons (Fsp3) is 0.526. The highest BCUT2D eigenvalue weighted by Gasteiger charge is 2.52. The number of benzene rings is 1. The van der Waals surface area contributed by atoms with Gasteiger partial charge in [0, 0.05) is 19.6 Å². The van der Waals surface area contributed by atoms with E-state index in [1.165, 1.54) is 12.8 Å². The lowest BCUT2D eigenvalue weighted by molar-refractivity contribution is 0.601. The Kier molecular flexibility index (Phi) is 3.65. The van der Waals surface area contributed by atoms with E-state index in [0.29, 0.717) is 6.04 Å². The summed E-state index contributed by atoms with van der Waals surface area (Å²) in [6.45, 7) is 1.05. The van der Waals surface area contributed by atoms with Gasteiger partial charge < -0.3 is 10.6 Å². The Labute approximate surface area is 132 Å². The van der Waals surface area contributed by atoms with E-state index in [-0.39, 0.29) is 0 Å². The minimum Gasteiger partial charge on any atom is -0.356 e. The molecule has 4 rings (SSSR count). The van der Waals surface area contributed by atoms with E-state index in [2.05, 4.69) is 52.0 Å². The summed E-state index contributed by atoms with van der Waals surface area (Å²) in [5.41, 5.74) is 3.18. The quantitative estimate of drug-likeness (QED) is 0.511. The number of aliphatic imine (C=N–C) groups is 1. The minimum absolute atomic E-state index is 0.522. The maximum Gasteiger partial charge on any atom is 0.191 e. The summed E-state index contributed by atoms with van der Waals surface area (Å²) in [5.74, 6) is 3.41. The van der Waals surface area contributed by atoms with Gasteiger partial charge in [0.15, 0.2) is 5.96 Å². The zero-order valence-electron chi connectivity index (χ0n) is 13.3. The van der Waals surface area contributed by atoms with Gasteiger partial charge in [-0.2, -0.15) is 0 Å². The lowest BCUT2D eigenvalue weighted by atomic mass is 9.92. The number of nitrogens with one attached hydrogen (secondary N) is 2. The number of hydrogen-bond donors (Lipinski definition) is 2. The molecule has 22 heavy (non-hydrogen) atoms. The normalized spacial score (nSPS) is 29.9. The third-order valence-corrected chi connectivity index (χ3v) is 5.57. The van der Waals surface area contributed by atoms with Crippen molar-refractivity contribution in [1.29, 1.82) is 0 Å². The van der Waals surface area contributed by atoms with Gasteiger partial charge in [-0.15, -0.1) is 0 Å². The molecule has 0 saturated heterocycles. The van der Waals surface area contributed by atoms with E-state index < -0.39 is 0 Å². The van der Waals surface area contributed by atoms with E-state index >= 15 is 0 Å². The molecule has 3 atom stereocenters. The summed E-state index contributed by atoms with van der Waals surface area (Å²) in [4.78, 5) is 4.38. The van der Waals surface area contributed by atoms with E-state index in [9.17, 15) is 0 Å². The zero-order valence-corrected chi connectivity index (χ0v) is 13.3. The van der Waals surface area contributed by atoms with Crippen molar-refractivity contribution in [2.24, 2.45) is 16.8 Å². The molecule has 1 aromatic rings. The first-order chi connectivity index (χ1) is 10.9. The van der Waals surface area contributed by atoms with Gasteiger partial charge in [-0.3, -0.25) is 4.99 Å². The van der Waals surface area contributed by atoms with Gasteiger partial charge >= 0.3 is 0 Å². The lowest BCUT2D eigenvalue weighted by Gasteiger charge is -2.17. The largest absolute Gasteiger partial charge is 0.356 e.